The Morgan fingerprint density at radius 2 is 1.81 bits per heavy atom. The maximum absolute atomic E-state index is 12.7. The zero-order chi connectivity index (χ0) is 19.2. The molecule has 7 heteroatoms. The highest BCUT2D eigenvalue weighted by molar-refractivity contribution is 6.04. The molecule has 0 aliphatic carbocycles. The molecule has 2 aromatic rings. The fourth-order valence-corrected chi connectivity index (χ4v) is 2.56. The van der Waals surface area contributed by atoms with Gasteiger partial charge in [-0.3, -0.25) is 4.79 Å². The monoisotopic (exact) mass is 365 g/mol. The van der Waals surface area contributed by atoms with E-state index in [2.05, 4.69) is 29.0 Å². The number of pyridine rings is 1. The normalized spacial score (nSPS) is 11.3. The van der Waals surface area contributed by atoms with Crippen molar-refractivity contribution in [2.24, 2.45) is 0 Å². The van der Waals surface area contributed by atoms with Crippen LogP contribution in [0.15, 0.2) is 42.6 Å². The average molecular weight is 365 g/mol. The highest BCUT2D eigenvalue weighted by atomic mass is 19.4. The first-order valence-electron chi connectivity index (χ1n) is 8.54. The number of aromatic nitrogens is 1. The van der Waals surface area contributed by atoms with Crippen molar-refractivity contribution in [3.05, 3.63) is 53.7 Å². The number of alkyl halides is 3. The fourth-order valence-electron chi connectivity index (χ4n) is 2.56. The second-order valence-corrected chi connectivity index (χ2v) is 5.92. The highest BCUT2D eigenvalue weighted by Crippen LogP contribution is 2.30. The van der Waals surface area contributed by atoms with Crippen molar-refractivity contribution >= 4 is 17.4 Å². The van der Waals surface area contributed by atoms with E-state index in [0.717, 1.165) is 43.9 Å². The molecule has 0 spiro atoms. The molecule has 1 N–H and O–H groups in total. The number of halogens is 3. The number of amides is 1. The summed E-state index contributed by atoms with van der Waals surface area (Å²) < 4.78 is 38.2. The van der Waals surface area contributed by atoms with Gasteiger partial charge in [0.25, 0.3) is 5.91 Å². The lowest BCUT2D eigenvalue weighted by atomic mass is 10.2. The SMILES string of the molecule is CCCN(CCC)c1ccc(C(=O)Nc2cccc(C(F)(F)F)c2)cn1. The molecule has 1 heterocycles. The minimum Gasteiger partial charge on any atom is -0.357 e. The number of carbonyl (C=O) groups is 1. The predicted molar refractivity (Wildman–Crippen MR) is 96.4 cm³/mol. The number of hydrogen-bond donors (Lipinski definition) is 1. The lowest BCUT2D eigenvalue weighted by Crippen LogP contribution is -2.26. The first-order valence-corrected chi connectivity index (χ1v) is 8.54. The van der Waals surface area contributed by atoms with Crippen LogP contribution in [-0.2, 0) is 6.18 Å². The van der Waals surface area contributed by atoms with Gasteiger partial charge in [0.15, 0.2) is 0 Å². The van der Waals surface area contributed by atoms with Crippen molar-refractivity contribution in [3.63, 3.8) is 0 Å². The molecule has 4 nitrogen and oxygen atoms in total. The minimum absolute atomic E-state index is 0.0903. The van der Waals surface area contributed by atoms with Gasteiger partial charge in [-0.05, 0) is 43.2 Å². The van der Waals surface area contributed by atoms with Crippen molar-refractivity contribution in [2.45, 2.75) is 32.9 Å². The minimum atomic E-state index is -4.45. The van der Waals surface area contributed by atoms with E-state index >= 15 is 0 Å². The zero-order valence-electron chi connectivity index (χ0n) is 14.8. The zero-order valence-corrected chi connectivity index (χ0v) is 14.8. The Morgan fingerprint density at radius 3 is 2.35 bits per heavy atom. The Balaban J connectivity index is 2.11. The molecule has 0 atom stereocenters. The van der Waals surface area contributed by atoms with Gasteiger partial charge in [-0.15, -0.1) is 0 Å². The maximum atomic E-state index is 12.7. The van der Waals surface area contributed by atoms with Crippen LogP contribution < -0.4 is 10.2 Å². The lowest BCUT2D eigenvalue weighted by Gasteiger charge is -2.22. The summed E-state index contributed by atoms with van der Waals surface area (Å²) in [6.07, 6.45) is -1.04. The molecular weight excluding hydrogens is 343 g/mol. The summed E-state index contributed by atoms with van der Waals surface area (Å²) in [5.41, 5.74) is -0.426. The largest absolute Gasteiger partial charge is 0.416 e. The summed E-state index contributed by atoms with van der Waals surface area (Å²) in [6.45, 7) is 5.91. The van der Waals surface area contributed by atoms with E-state index in [1.54, 1.807) is 12.1 Å². The maximum Gasteiger partial charge on any atom is 0.416 e. The van der Waals surface area contributed by atoms with E-state index in [1.807, 2.05) is 0 Å². The smallest absolute Gasteiger partial charge is 0.357 e. The van der Waals surface area contributed by atoms with Gasteiger partial charge >= 0.3 is 6.18 Å². The van der Waals surface area contributed by atoms with Crippen LogP contribution in [0.3, 0.4) is 0 Å². The number of benzene rings is 1. The molecule has 140 valence electrons. The van der Waals surface area contributed by atoms with Gasteiger partial charge in [-0.2, -0.15) is 13.2 Å². The number of carbonyl (C=O) groups excluding carboxylic acids is 1. The Labute approximate surface area is 151 Å². The number of hydrogen-bond acceptors (Lipinski definition) is 3. The Hall–Kier alpha value is -2.57. The van der Waals surface area contributed by atoms with E-state index in [1.165, 1.54) is 18.3 Å². The molecule has 1 aromatic carbocycles. The fraction of sp³-hybridized carbons (Fsp3) is 0.368. The number of nitrogens with one attached hydrogen (secondary N) is 1. The first-order chi connectivity index (χ1) is 12.3. The van der Waals surface area contributed by atoms with Gasteiger partial charge in [0.2, 0.25) is 0 Å². The molecule has 1 aromatic heterocycles. The summed E-state index contributed by atoms with van der Waals surface area (Å²) in [6, 6.07) is 7.92. The van der Waals surface area contributed by atoms with Crippen LogP contribution in [0.5, 0.6) is 0 Å². The van der Waals surface area contributed by atoms with Crippen LogP contribution in [-0.4, -0.2) is 24.0 Å². The predicted octanol–water partition coefficient (Wildman–Crippen LogP) is 4.98. The third kappa shape index (κ3) is 5.21. The number of nitrogens with zero attached hydrogens (tertiary/aromatic N) is 2. The summed E-state index contributed by atoms with van der Waals surface area (Å²) >= 11 is 0. The molecule has 0 fully saturated rings. The molecule has 0 unspecified atom stereocenters. The third-order valence-electron chi connectivity index (χ3n) is 3.77. The Kier molecular flexibility index (Phi) is 6.60. The van der Waals surface area contributed by atoms with Crippen LogP contribution in [0.1, 0.15) is 42.6 Å². The second kappa shape index (κ2) is 8.69. The van der Waals surface area contributed by atoms with E-state index < -0.39 is 17.6 Å². The summed E-state index contributed by atoms with van der Waals surface area (Å²) in [5, 5.41) is 2.48. The van der Waals surface area contributed by atoms with Crippen molar-refractivity contribution in [1.29, 1.82) is 0 Å². The molecule has 0 saturated heterocycles. The van der Waals surface area contributed by atoms with Gasteiger partial charge in [0.05, 0.1) is 11.1 Å². The van der Waals surface area contributed by atoms with Crippen molar-refractivity contribution in [3.8, 4) is 0 Å². The summed E-state index contributed by atoms with van der Waals surface area (Å²) in [5.74, 6) is 0.283. The van der Waals surface area contributed by atoms with Gasteiger partial charge < -0.3 is 10.2 Å². The summed E-state index contributed by atoms with van der Waals surface area (Å²) in [7, 11) is 0. The van der Waals surface area contributed by atoms with E-state index in [-0.39, 0.29) is 5.69 Å². The first kappa shape index (κ1) is 19.8. The molecule has 1 amide bonds. The van der Waals surface area contributed by atoms with Gasteiger partial charge in [0.1, 0.15) is 5.82 Å². The van der Waals surface area contributed by atoms with E-state index in [9.17, 15) is 18.0 Å². The van der Waals surface area contributed by atoms with Crippen LogP contribution in [0.2, 0.25) is 0 Å². The van der Waals surface area contributed by atoms with Crippen molar-refractivity contribution < 1.29 is 18.0 Å². The Bertz CT molecular complexity index is 724. The molecular formula is C19H22F3N3O. The van der Waals surface area contributed by atoms with E-state index in [4.69, 9.17) is 0 Å². The van der Waals surface area contributed by atoms with Crippen LogP contribution in [0.25, 0.3) is 0 Å². The van der Waals surface area contributed by atoms with Gasteiger partial charge in [-0.25, -0.2) is 4.98 Å². The Morgan fingerprint density at radius 1 is 1.12 bits per heavy atom. The third-order valence-corrected chi connectivity index (χ3v) is 3.77. The van der Waals surface area contributed by atoms with Crippen molar-refractivity contribution in [2.75, 3.05) is 23.3 Å². The molecule has 0 radical (unpaired) electrons. The van der Waals surface area contributed by atoms with Crippen LogP contribution in [0.4, 0.5) is 24.7 Å². The van der Waals surface area contributed by atoms with Gasteiger partial charge in [0, 0.05) is 25.0 Å². The molecule has 0 aliphatic rings. The number of rotatable bonds is 7. The molecule has 0 bridgehead atoms. The standard InChI is InChI=1S/C19H22F3N3O/c1-3-10-25(11-4-2)17-9-8-14(13-23-17)18(26)24-16-7-5-6-15(12-16)19(20,21)22/h5-9,12-13H,3-4,10-11H2,1-2H3,(H,24,26). The van der Waals surface area contributed by atoms with Crippen LogP contribution in [0, 0.1) is 0 Å². The van der Waals surface area contributed by atoms with Crippen LogP contribution >= 0.6 is 0 Å². The highest BCUT2D eigenvalue weighted by Gasteiger charge is 2.30. The quantitative estimate of drug-likeness (QED) is 0.753. The van der Waals surface area contributed by atoms with E-state index in [0.29, 0.717) is 5.56 Å². The molecule has 26 heavy (non-hydrogen) atoms. The average Bonchev–Trinajstić information content (AvgIpc) is 2.61. The van der Waals surface area contributed by atoms with Gasteiger partial charge in [-0.1, -0.05) is 19.9 Å². The second-order valence-electron chi connectivity index (χ2n) is 5.92. The molecule has 2 rings (SSSR count). The lowest BCUT2D eigenvalue weighted by molar-refractivity contribution is -0.137. The number of anilines is 2. The molecule has 0 aliphatic heterocycles. The summed E-state index contributed by atoms with van der Waals surface area (Å²) in [4.78, 5) is 18.7. The molecule has 0 saturated carbocycles. The van der Waals surface area contributed by atoms with Crippen molar-refractivity contribution in [1.82, 2.24) is 4.98 Å². The topological polar surface area (TPSA) is 45.2 Å².